The maximum absolute atomic E-state index is 11.9. The van der Waals surface area contributed by atoms with Crippen LogP contribution in [0.25, 0.3) is 0 Å². The number of nitrogens with one attached hydrogen (secondary N) is 2. The van der Waals surface area contributed by atoms with Crippen molar-refractivity contribution in [1.29, 1.82) is 0 Å². The standard InChI is InChI=1S/C14H20N4O3/c1-17(2)14(19)10-5-6-12(13(8-10)18(20)21)16-11-4-3-7-15-9-11/h5-6,8,11,15-16H,3-4,7,9H2,1-2H3. The van der Waals surface area contributed by atoms with Crippen LogP contribution in [0.15, 0.2) is 18.2 Å². The number of anilines is 1. The van der Waals surface area contributed by atoms with E-state index in [1.807, 2.05) is 0 Å². The van der Waals surface area contributed by atoms with E-state index < -0.39 is 4.92 Å². The van der Waals surface area contributed by atoms with Gasteiger partial charge in [0.15, 0.2) is 0 Å². The van der Waals surface area contributed by atoms with Crippen molar-refractivity contribution in [2.45, 2.75) is 18.9 Å². The number of hydrogen-bond acceptors (Lipinski definition) is 5. The van der Waals surface area contributed by atoms with E-state index in [4.69, 9.17) is 0 Å². The largest absolute Gasteiger partial charge is 0.375 e. The fourth-order valence-corrected chi connectivity index (χ4v) is 2.39. The van der Waals surface area contributed by atoms with Crippen molar-refractivity contribution in [3.8, 4) is 0 Å². The Labute approximate surface area is 123 Å². The summed E-state index contributed by atoms with van der Waals surface area (Å²) in [6.07, 6.45) is 2.02. The van der Waals surface area contributed by atoms with E-state index in [-0.39, 0.29) is 17.6 Å². The molecule has 2 rings (SSSR count). The zero-order valence-electron chi connectivity index (χ0n) is 12.3. The molecule has 21 heavy (non-hydrogen) atoms. The van der Waals surface area contributed by atoms with Crippen LogP contribution in [0.2, 0.25) is 0 Å². The number of nitro groups is 1. The van der Waals surface area contributed by atoms with Gasteiger partial charge in [-0.05, 0) is 31.5 Å². The predicted octanol–water partition coefficient (Wildman–Crippen LogP) is 1.46. The van der Waals surface area contributed by atoms with E-state index in [1.165, 1.54) is 11.0 Å². The van der Waals surface area contributed by atoms with Crippen molar-refractivity contribution in [2.75, 3.05) is 32.5 Å². The van der Waals surface area contributed by atoms with Crippen LogP contribution < -0.4 is 10.6 Å². The number of carbonyl (C=O) groups excluding carboxylic acids is 1. The topological polar surface area (TPSA) is 87.5 Å². The summed E-state index contributed by atoms with van der Waals surface area (Å²) in [6, 6.07) is 4.74. The Morgan fingerprint density at radius 2 is 2.24 bits per heavy atom. The Kier molecular flexibility index (Phi) is 4.74. The van der Waals surface area contributed by atoms with Crippen LogP contribution in [0, 0.1) is 10.1 Å². The molecule has 7 heteroatoms. The number of carbonyl (C=O) groups is 1. The van der Waals surface area contributed by atoms with Gasteiger partial charge >= 0.3 is 0 Å². The van der Waals surface area contributed by atoms with Crippen LogP contribution in [0.3, 0.4) is 0 Å². The van der Waals surface area contributed by atoms with Gasteiger partial charge in [0.25, 0.3) is 11.6 Å². The third-order valence-electron chi connectivity index (χ3n) is 3.50. The van der Waals surface area contributed by atoms with Gasteiger partial charge in [-0.15, -0.1) is 0 Å². The molecule has 1 fully saturated rings. The fraction of sp³-hybridized carbons (Fsp3) is 0.500. The number of nitro benzene ring substituents is 1. The molecule has 1 atom stereocenters. The number of rotatable bonds is 4. The monoisotopic (exact) mass is 292 g/mol. The van der Waals surface area contributed by atoms with Gasteiger partial charge in [0.05, 0.1) is 4.92 Å². The average molecular weight is 292 g/mol. The van der Waals surface area contributed by atoms with Crippen LogP contribution in [-0.4, -0.2) is 49.0 Å². The van der Waals surface area contributed by atoms with Crippen molar-refractivity contribution in [3.05, 3.63) is 33.9 Å². The van der Waals surface area contributed by atoms with E-state index >= 15 is 0 Å². The molecule has 1 unspecified atom stereocenters. The van der Waals surface area contributed by atoms with E-state index in [1.54, 1.807) is 26.2 Å². The number of piperidine rings is 1. The summed E-state index contributed by atoms with van der Waals surface area (Å²) < 4.78 is 0. The highest BCUT2D eigenvalue weighted by atomic mass is 16.6. The molecule has 1 heterocycles. The lowest BCUT2D eigenvalue weighted by atomic mass is 10.1. The van der Waals surface area contributed by atoms with Crippen LogP contribution in [0.1, 0.15) is 23.2 Å². The van der Waals surface area contributed by atoms with E-state index in [9.17, 15) is 14.9 Å². The number of nitrogens with zero attached hydrogens (tertiary/aromatic N) is 2. The maximum Gasteiger partial charge on any atom is 0.293 e. The highest BCUT2D eigenvalue weighted by Crippen LogP contribution is 2.27. The van der Waals surface area contributed by atoms with Crippen LogP contribution in [0.5, 0.6) is 0 Å². The van der Waals surface area contributed by atoms with E-state index in [0.29, 0.717) is 11.3 Å². The van der Waals surface area contributed by atoms with Crippen molar-refractivity contribution in [3.63, 3.8) is 0 Å². The van der Waals surface area contributed by atoms with Gasteiger partial charge < -0.3 is 15.5 Å². The second-order valence-corrected chi connectivity index (χ2v) is 5.38. The minimum absolute atomic E-state index is 0.0618. The molecule has 0 radical (unpaired) electrons. The van der Waals surface area contributed by atoms with Crippen molar-refractivity contribution in [2.24, 2.45) is 0 Å². The first-order chi connectivity index (χ1) is 9.99. The molecule has 1 aliphatic heterocycles. The Morgan fingerprint density at radius 3 is 2.81 bits per heavy atom. The van der Waals surface area contributed by atoms with Crippen molar-refractivity contribution >= 4 is 17.3 Å². The molecule has 7 nitrogen and oxygen atoms in total. The molecule has 0 bridgehead atoms. The lowest BCUT2D eigenvalue weighted by Crippen LogP contribution is -2.38. The highest BCUT2D eigenvalue weighted by molar-refractivity contribution is 5.95. The summed E-state index contributed by atoms with van der Waals surface area (Å²) in [6.45, 7) is 1.77. The smallest absolute Gasteiger partial charge is 0.293 e. The summed E-state index contributed by atoms with van der Waals surface area (Å²) >= 11 is 0. The summed E-state index contributed by atoms with van der Waals surface area (Å²) in [5, 5.41) is 17.7. The maximum atomic E-state index is 11.9. The molecule has 1 amide bonds. The Morgan fingerprint density at radius 1 is 1.48 bits per heavy atom. The summed E-state index contributed by atoms with van der Waals surface area (Å²) in [7, 11) is 3.24. The molecule has 1 saturated heterocycles. The van der Waals surface area contributed by atoms with E-state index in [0.717, 1.165) is 25.9 Å². The zero-order chi connectivity index (χ0) is 15.4. The number of benzene rings is 1. The van der Waals surface area contributed by atoms with Crippen molar-refractivity contribution in [1.82, 2.24) is 10.2 Å². The molecule has 2 N–H and O–H groups in total. The highest BCUT2D eigenvalue weighted by Gasteiger charge is 2.21. The van der Waals surface area contributed by atoms with Crippen molar-refractivity contribution < 1.29 is 9.72 Å². The quantitative estimate of drug-likeness (QED) is 0.648. The second-order valence-electron chi connectivity index (χ2n) is 5.38. The molecule has 0 spiro atoms. The number of amides is 1. The Balaban J connectivity index is 2.24. The van der Waals surface area contributed by atoms with Gasteiger partial charge in [0.1, 0.15) is 5.69 Å². The molecule has 1 aromatic rings. The normalized spacial score (nSPS) is 18.1. The molecule has 1 aliphatic rings. The summed E-state index contributed by atoms with van der Waals surface area (Å²) in [5.74, 6) is -0.246. The lowest BCUT2D eigenvalue weighted by Gasteiger charge is -2.24. The average Bonchev–Trinajstić information content (AvgIpc) is 2.47. The first-order valence-electron chi connectivity index (χ1n) is 6.96. The molecular formula is C14H20N4O3. The van der Waals surface area contributed by atoms with Crippen LogP contribution in [-0.2, 0) is 0 Å². The van der Waals surface area contributed by atoms with Gasteiger partial charge in [-0.25, -0.2) is 0 Å². The Bertz CT molecular complexity index is 539. The van der Waals surface area contributed by atoms with Crippen LogP contribution in [0.4, 0.5) is 11.4 Å². The van der Waals surface area contributed by atoms with Gasteiger partial charge in [0, 0.05) is 38.3 Å². The summed E-state index contributed by atoms with van der Waals surface area (Å²) in [4.78, 5) is 24.1. The molecule has 0 aliphatic carbocycles. The lowest BCUT2D eigenvalue weighted by molar-refractivity contribution is -0.384. The first kappa shape index (κ1) is 15.2. The predicted molar refractivity (Wildman–Crippen MR) is 80.6 cm³/mol. The van der Waals surface area contributed by atoms with Gasteiger partial charge in [-0.1, -0.05) is 0 Å². The molecule has 0 aromatic heterocycles. The molecule has 114 valence electrons. The fourth-order valence-electron chi connectivity index (χ4n) is 2.39. The zero-order valence-corrected chi connectivity index (χ0v) is 12.3. The summed E-state index contributed by atoms with van der Waals surface area (Å²) in [5.41, 5.74) is 0.719. The van der Waals surface area contributed by atoms with Gasteiger partial charge in [0.2, 0.25) is 0 Å². The minimum atomic E-state index is -0.453. The second kappa shape index (κ2) is 6.53. The first-order valence-corrected chi connectivity index (χ1v) is 6.96. The van der Waals surface area contributed by atoms with Gasteiger partial charge in [-0.3, -0.25) is 14.9 Å². The minimum Gasteiger partial charge on any atom is -0.375 e. The third kappa shape index (κ3) is 3.69. The van der Waals surface area contributed by atoms with Crippen LogP contribution >= 0.6 is 0 Å². The third-order valence-corrected chi connectivity index (χ3v) is 3.50. The Hall–Kier alpha value is -2.15. The molecular weight excluding hydrogens is 272 g/mol. The molecule has 0 saturated carbocycles. The van der Waals surface area contributed by atoms with E-state index in [2.05, 4.69) is 10.6 Å². The van der Waals surface area contributed by atoms with Gasteiger partial charge in [-0.2, -0.15) is 0 Å². The number of hydrogen-bond donors (Lipinski definition) is 2. The SMILES string of the molecule is CN(C)C(=O)c1ccc(NC2CCCNC2)c([N+](=O)[O-])c1. The molecule has 1 aromatic carbocycles.